The molecule has 1 saturated carbocycles. The van der Waals surface area contributed by atoms with Crippen molar-refractivity contribution in [3.8, 4) is 6.07 Å². The quantitative estimate of drug-likeness (QED) is 0.796. The van der Waals surface area contributed by atoms with Crippen LogP contribution in [0.25, 0.3) is 0 Å². The maximum Gasteiger partial charge on any atom is 0.235 e. The molecule has 1 saturated heterocycles. The standard InChI is InChI=1S/C15H25N3O2/c1-10(2)15(3,9-16)17-14(20)8-18-6-11-4-5-13(19)12(11)7-18/h10-13,19H,4-8H2,1-3H3,(H,17,20). The number of amides is 1. The fraction of sp³-hybridized carbons (Fsp3) is 0.867. The molecule has 0 spiro atoms. The van der Waals surface area contributed by atoms with Crippen molar-refractivity contribution in [2.24, 2.45) is 17.8 Å². The maximum atomic E-state index is 12.1. The first-order valence-electron chi connectivity index (χ1n) is 7.48. The molecule has 0 aromatic heterocycles. The number of hydrogen-bond donors (Lipinski definition) is 2. The van der Waals surface area contributed by atoms with Crippen molar-refractivity contribution in [3.05, 3.63) is 0 Å². The maximum absolute atomic E-state index is 12.1. The lowest BCUT2D eigenvalue weighted by atomic mass is 9.90. The number of hydrogen-bond acceptors (Lipinski definition) is 4. The van der Waals surface area contributed by atoms with Crippen LogP contribution in [0.4, 0.5) is 0 Å². The third-order valence-electron chi connectivity index (χ3n) is 5.05. The van der Waals surface area contributed by atoms with Crippen molar-refractivity contribution in [1.29, 1.82) is 5.26 Å². The van der Waals surface area contributed by atoms with Gasteiger partial charge in [0.2, 0.25) is 5.91 Å². The van der Waals surface area contributed by atoms with Crippen LogP contribution >= 0.6 is 0 Å². The Kier molecular flexibility index (Phi) is 4.36. The Labute approximate surface area is 120 Å². The Bertz CT molecular complexity index is 418. The molecule has 1 amide bonds. The first kappa shape index (κ1) is 15.3. The van der Waals surface area contributed by atoms with Crippen LogP contribution in [0.15, 0.2) is 0 Å². The molecule has 1 aliphatic heterocycles. The van der Waals surface area contributed by atoms with Crippen molar-refractivity contribution in [2.45, 2.75) is 45.3 Å². The van der Waals surface area contributed by atoms with E-state index in [1.54, 1.807) is 6.92 Å². The molecule has 5 nitrogen and oxygen atoms in total. The number of likely N-dealkylation sites (tertiary alicyclic amines) is 1. The Hall–Kier alpha value is -1.12. The zero-order valence-corrected chi connectivity index (χ0v) is 12.6. The van der Waals surface area contributed by atoms with Gasteiger partial charge in [-0.15, -0.1) is 0 Å². The number of carbonyl (C=O) groups is 1. The summed E-state index contributed by atoms with van der Waals surface area (Å²) in [5.41, 5.74) is -0.813. The second-order valence-electron chi connectivity index (χ2n) is 6.78. The first-order valence-corrected chi connectivity index (χ1v) is 7.48. The molecule has 112 valence electrons. The number of fused-ring (bicyclic) bond motifs is 1. The average Bonchev–Trinajstić information content (AvgIpc) is 2.91. The summed E-state index contributed by atoms with van der Waals surface area (Å²) in [5, 5.41) is 21.9. The molecule has 2 fully saturated rings. The minimum atomic E-state index is -0.813. The summed E-state index contributed by atoms with van der Waals surface area (Å²) in [4.78, 5) is 14.2. The summed E-state index contributed by atoms with van der Waals surface area (Å²) in [6, 6.07) is 2.19. The van der Waals surface area contributed by atoms with Gasteiger partial charge >= 0.3 is 0 Å². The average molecular weight is 279 g/mol. The first-order chi connectivity index (χ1) is 9.35. The number of aliphatic hydroxyl groups is 1. The lowest BCUT2D eigenvalue weighted by Gasteiger charge is -2.28. The van der Waals surface area contributed by atoms with Crippen molar-refractivity contribution < 1.29 is 9.90 Å². The molecule has 0 aromatic carbocycles. The summed E-state index contributed by atoms with van der Waals surface area (Å²) in [6.45, 7) is 7.63. The van der Waals surface area contributed by atoms with Gasteiger partial charge in [-0.05, 0) is 31.6 Å². The minimum absolute atomic E-state index is 0.0660. The summed E-state index contributed by atoms with van der Waals surface area (Å²) in [6.07, 6.45) is 1.76. The second kappa shape index (κ2) is 5.71. The van der Waals surface area contributed by atoms with Crippen LogP contribution in [0.3, 0.4) is 0 Å². The van der Waals surface area contributed by atoms with E-state index in [0.29, 0.717) is 18.4 Å². The third kappa shape index (κ3) is 2.97. The van der Waals surface area contributed by atoms with Gasteiger partial charge in [0.15, 0.2) is 0 Å². The van der Waals surface area contributed by atoms with Crippen LogP contribution in [-0.2, 0) is 4.79 Å². The van der Waals surface area contributed by atoms with Crippen molar-refractivity contribution in [2.75, 3.05) is 19.6 Å². The molecular weight excluding hydrogens is 254 g/mol. The highest BCUT2D eigenvalue weighted by atomic mass is 16.3. The van der Waals surface area contributed by atoms with Gasteiger partial charge in [0, 0.05) is 19.0 Å². The van der Waals surface area contributed by atoms with E-state index in [4.69, 9.17) is 0 Å². The molecule has 5 heteroatoms. The van der Waals surface area contributed by atoms with Crippen molar-refractivity contribution in [1.82, 2.24) is 10.2 Å². The zero-order valence-electron chi connectivity index (χ0n) is 12.6. The highest BCUT2D eigenvalue weighted by molar-refractivity contribution is 5.79. The van der Waals surface area contributed by atoms with Crippen LogP contribution in [0.1, 0.15) is 33.6 Å². The van der Waals surface area contributed by atoms with E-state index in [1.807, 2.05) is 13.8 Å². The fourth-order valence-electron chi connectivity index (χ4n) is 3.29. The molecule has 20 heavy (non-hydrogen) atoms. The Balaban J connectivity index is 1.86. The monoisotopic (exact) mass is 279 g/mol. The molecule has 2 rings (SSSR count). The predicted octanol–water partition coefficient (Wildman–Crippen LogP) is 0.744. The predicted molar refractivity (Wildman–Crippen MR) is 75.7 cm³/mol. The number of nitriles is 1. The van der Waals surface area contributed by atoms with E-state index in [0.717, 1.165) is 25.9 Å². The molecule has 4 unspecified atom stereocenters. The lowest BCUT2D eigenvalue weighted by molar-refractivity contribution is -0.123. The summed E-state index contributed by atoms with van der Waals surface area (Å²) in [7, 11) is 0. The summed E-state index contributed by atoms with van der Waals surface area (Å²) >= 11 is 0. The summed E-state index contributed by atoms with van der Waals surface area (Å²) < 4.78 is 0. The highest BCUT2D eigenvalue weighted by Crippen LogP contribution is 2.37. The largest absolute Gasteiger partial charge is 0.393 e. The molecular formula is C15H25N3O2. The molecule has 4 atom stereocenters. The van der Waals surface area contributed by atoms with E-state index in [-0.39, 0.29) is 17.9 Å². The van der Waals surface area contributed by atoms with Crippen molar-refractivity contribution >= 4 is 5.91 Å². The van der Waals surface area contributed by atoms with Gasteiger partial charge in [-0.1, -0.05) is 13.8 Å². The number of rotatable bonds is 4. The molecule has 2 aliphatic rings. The third-order valence-corrected chi connectivity index (χ3v) is 5.05. The highest BCUT2D eigenvalue weighted by Gasteiger charge is 2.42. The van der Waals surface area contributed by atoms with E-state index in [1.165, 1.54) is 0 Å². The number of aliphatic hydroxyl groups excluding tert-OH is 1. The van der Waals surface area contributed by atoms with E-state index in [2.05, 4.69) is 16.3 Å². The molecule has 1 heterocycles. The van der Waals surface area contributed by atoms with Crippen LogP contribution in [0.2, 0.25) is 0 Å². The number of nitrogens with zero attached hydrogens (tertiary/aromatic N) is 2. The minimum Gasteiger partial charge on any atom is -0.393 e. The molecule has 0 radical (unpaired) electrons. The SMILES string of the molecule is CC(C)C(C)(C#N)NC(=O)CN1CC2CCC(O)C2C1. The normalized spacial score (nSPS) is 32.7. The van der Waals surface area contributed by atoms with E-state index >= 15 is 0 Å². The molecule has 2 N–H and O–H groups in total. The van der Waals surface area contributed by atoms with Crippen LogP contribution in [-0.4, -0.2) is 47.2 Å². The lowest BCUT2D eigenvalue weighted by Crippen LogP contribution is -2.51. The second-order valence-corrected chi connectivity index (χ2v) is 6.78. The Morgan fingerprint density at radius 3 is 2.75 bits per heavy atom. The van der Waals surface area contributed by atoms with Crippen LogP contribution in [0.5, 0.6) is 0 Å². The number of carbonyl (C=O) groups excluding carboxylic acids is 1. The molecule has 1 aliphatic carbocycles. The number of nitrogens with one attached hydrogen (secondary N) is 1. The van der Waals surface area contributed by atoms with Gasteiger partial charge in [0.25, 0.3) is 0 Å². The smallest absolute Gasteiger partial charge is 0.235 e. The van der Waals surface area contributed by atoms with Gasteiger partial charge in [-0.2, -0.15) is 5.26 Å². The molecule has 0 aromatic rings. The van der Waals surface area contributed by atoms with Gasteiger partial charge in [0.05, 0.1) is 18.7 Å². The fourth-order valence-corrected chi connectivity index (χ4v) is 3.29. The van der Waals surface area contributed by atoms with Crippen LogP contribution < -0.4 is 5.32 Å². The zero-order chi connectivity index (χ0) is 14.9. The van der Waals surface area contributed by atoms with E-state index < -0.39 is 5.54 Å². The van der Waals surface area contributed by atoms with Gasteiger partial charge in [0.1, 0.15) is 5.54 Å². The topological polar surface area (TPSA) is 76.4 Å². The van der Waals surface area contributed by atoms with E-state index in [9.17, 15) is 15.2 Å². The molecule has 0 bridgehead atoms. The van der Waals surface area contributed by atoms with Crippen LogP contribution in [0, 0.1) is 29.1 Å². The Morgan fingerprint density at radius 2 is 2.20 bits per heavy atom. The van der Waals surface area contributed by atoms with Crippen molar-refractivity contribution in [3.63, 3.8) is 0 Å². The Morgan fingerprint density at radius 1 is 1.50 bits per heavy atom. The van der Waals surface area contributed by atoms with Gasteiger partial charge in [-0.25, -0.2) is 0 Å². The van der Waals surface area contributed by atoms with Gasteiger partial charge < -0.3 is 10.4 Å². The summed E-state index contributed by atoms with van der Waals surface area (Å²) in [5.74, 6) is 0.828. The van der Waals surface area contributed by atoms with Gasteiger partial charge in [-0.3, -0.25) is 9.69 Å².